The summed E-state index contributed by atoms with van der Waals surface area (Å²) < 4.78 is 16.9. The third-order valence-corrected chi connectivity index (χ3v) is 40.2. The Morgan fingerprint density at radius 2 is 0.622 bits per heavy atom. The van der Waals surface area contributed by atoms with Crippen molar-refractivity contribution >= 4 is 103 Å². The second-order valence-corrected chi connectivity index (χ2v) is 40.8. The van der Waals surface area contributed by atoms with Crippen molar-refractivity contribution in [1.29, 1.82) is 0 Å². The summed E-state index contributed by atoms with van der Waals surface area (Å²) >= 11 is 5.94. The summed E-state index contributed by atoms with van der Waals surface area (Å²) in [4.78, 5) is 0. The molecule has 0 aromatic heterocycles. The van der Waals surface area contributed by atoms with Gasteiger partial charge in [-0.1, -0.05) is 0 Å². The van der Waals surface area contributed by atoms with Crippen LogP contribution in [0.2, 0.25) is 0 Å². The molecule has 0 radical (unpaired) electrons. The van der Waals surface area contributed by atoms with E-state index in [1.165, 1.54) is 14.0 Å². The molecule has 0 atom stereocenters. The Balaban J connectivity index is 0.000000183. The van der Waals surface area contributed by atoms with Crippen molar-refractivity contribution in [3.63, 3.8) is 0 Å². The van der Waals surface area contributed by atoms with Gasteiger partial charge in [0.2, 0.25) is 0 Å². The van der Waals surface area contributed by atoms with Gasteiger partial charge in [0, 0.05) is 0 Å². The Morgan fingerprint density at radius 3 is 0.844 bits per heavy atom. The van der Waals surface area contributed by atoms with Gasteiger partial charge in [-0.05, 0) is 0 Å². The molecule has 0 unspecified atom stereocenters. The summed E-state index contributed by atoms with van der Waals surface area (Å²) in [5, 5.41) is 5.01. The Hall–Kier alpha value is -2.98. The fraction of sp³-hybridized carbons (Fsp3) is 0. The molecule has 0 spiro atoms. The molecule has 2 nitrogen and oxygen atoms in total. The SMILES string of the molecule is S=C=[N][Sn-]([Br])([N]=C=S)([c]1ccccc1)[c]1ccccc1.c1cc[c]([Sb+]([c]2ccccc2)([c]2ccccc2)[c]2ccccc2)cc1. The van der Waals surface area contributed by atoms with Crippen LogP contribution in [0.4, 0.5) is 0 Å². The standard InChI is InChI=1S/6C6H5.2CNS.BrH.Sb.Sn/c6*1-2-4-6-5-3-1;2*2-1-3;;;/h6*1-5H;;;1H;;/q;;;;;;2*-1;;+1;+2/p-1. The van der Waals surface area contributed by atoms with Crippen LogP contribution in [-0.2, 0) is 0 Å². The van der Waals surface area contributed by atoms with Crippen LogP contribution in [0, 0.1) is 0 Å². The maximum absolute atomic E-state index is 4.87. The predicted octanol–water partition coefficient (Wildman–Crippen LogP) is 6.36. The zero-order chi connectivity index (χ0) is 31.5. The average Bonchev–Trinajstić information content (AvgIpc) is 3.12. The molecule has 0 saturated carbocycles. The van der Waals surface area contributed by atoms with E-state index in [9.17, 15) is 0 Å². The number of hydrogen-bond donors (Lipinski definition) is 0. The molecule has 0 saturated heterocycles. The first-order chi connectivity index (χ1) is 22.1. The van der Waals surface area contributed by atoms with Gasteiger partial charge in [-0.25, -0.2) is 0 Å². The molecule has 0 heterocycles. The van der Waals surface area contributed by atoms with Crippen molar-refractivity contribution in [3.8, 4) is 0 Å². The first kappa shape index (κ1) is 33.4. The van der Waals surface area contributed by atoms with Gasteiger partial charge in [-0.15, -0.1) is 0 Å². The second kappa shape index (κ2) is 15.5. The Kier molecular flexibility index (Phi) is 11.5. The molecule has 6 aromatic carbocycles. The fourth-order valence-corrected chi connectivity index (χ4v) is 34.4. The van der Waals surface area contributed by atoms with Gasteiger partial charge in [0.1, 0.15) is 0 Å². The Labute approximate surface area is 288 Å². The van der Waals surface area contributed by atoms with E-state index in [-0.39, 0.29) is 0 Å². The van der Waals surface area contributed by atoms with Gasteiger partial charge in [0.25, 0.3) is 0 Å². The van der Waals surface area contributed by atoms with Crippen molar-refractivity contribution in [2.75, 3.05) is 0 Å². The van der Waals surface area contributed by atoms with Crippen LogP contribution in [-0.4, -0.2) is 44.4 Å². The van der Waals surface area contributed by atoms with E-state index >= 15 is 0 Å². The van der Waals surface area contributed by atoms with E-state index in [1.54, 1.807) is 0 Å². The summed E-state index contributed by atoms with van der Waals surface area (Å²) in [7, 11) is 0. The van der Waals surface area contributed by atoms with Crippen molar-refractivity contribution < 1.29 is 0 Å². The predicted molar refractivity (Wildman–Crippen MR) is 207 cm³/mol. The molecule has 45 heavy (non-hydrogen) atoms. The molecule has 7 heteroatoms. The molecule has 220 valence electrons. The average molecular weight is 899 g/mol. The molecule has 0 aliphatic heterocycles. The quantitative estimate of drug-likeness (QED) is 0.101. The van der Waals surface area contributed by atoms with Crippen molar-refractivity contribution in [3.05, 3.63) is 182 Å². The van der Waals surface area contributed by atoms with Crippen LogP contribution >= 0.6 is 37.1 Å². The number of nitrogens with zero attached hydrogens (tertiary/aromatic N) is 2. The molecule has 0 N–H and O–H groups in total. The van der Waals surface area contributed by atoms with Crippen molar-refractivity contribution in [2.24, 2.45) is 6.43 Å². The Morgan fingerprint density at radius 1 is 0.400 bits per heavy atom. The number of hydrogen-bond acceptors (Lipinski definition) is 4. The van der Waals surface area contributed by atoms with Crippen LogP contribution in [0.25, 0.3) is 0 Å². The molecule has 6 aromatic rings. The minimum atomic E-state index is -4.48. The van der Waals surface area contributed by atoms with Gasteiger partial charge >= 0.3 is 291 Å². The minimum absolute atomic E-state index is 0.981. The van der Waals surface area contributed by atoms with Crippen molar-refractivity contribution in [1.82, 2.24) is 0 Å². The van der Waals surface area contributed by atoms with E-state index in [0.29, 0.717) is 0 Å². The molecule has 0 amide bonds. The number of benzene rings is 6. The maximum atomic E-state index is 4.87. The molecular weight excluding hydrogens is 869 g/mol. The van der Waals surface area contributed by atoms with Gasteiger partial charge in [0.05, 0.1) is 0 Å². The van der Waals surface area contributed by atoms with E-state index in [2.05, 4.69) is 151 Å². The molecule has 6 rings (SSSR count). The molecule has 0 fully saturated rings. The van der Waals surface area contributed by atoms with Crippen LogP contribution in [0.3, 0.4) is 0 Å². The summed E-state index contributed by atoms with van der Waals surface area (Å²) in [6.45, 7) is 0. The first-order valence-electron chi connectivity index (χ1n) is 14.4. The number of thiocarbonyl (C=S) groups is 2. The van der Waals surface area contributed by atoms with Crippen LogP contribution in [0.5, 0.6) is 0 Å². The van der Waals surface area contributed by atoms with Crippen LogP contribution < -0.4 is 21.2 Å². The normalized spacial score (nSPS) is 11.7. The molecular formula is C38H30BrN2S2SbSn. The Bertz CT molecular complexity index is 1690. The third-order valence-electron chi connectivity index (χ3n) is 7.64. The summed E-state index contributed by atoms with van der Waals surface area (Å²) in [5.74, 6) is 0. The second-order valence-electron chi connectivity index (χ2n) is 10.2. The van der Waals surface area contributed by atoms with Crippen LogP contribution in [0.1, 0.15) is 0 Å². The summed E-state index contributed by atoms with van der Waals surface area (Å²) in [6, 6.07) is 64.0. The molecule has 0 aliphatic carbocycles. The zero-order valence-electron chi connectivity index (χ0n) is 24.4. The first-order valence-corrected chi connectivity index (χ1v) is 32.1. The summed E-state index contributed by atoms with van der Waals surface area (Å²) in [6.07, 6.45) is 0. The molecule has 0 aliphatic rings. The van der Waals surface area contributed by atoms with Crippen LogP contribution in [0.15, 0.2) is 188 Å². The van der Waals surface area contributed by atoms with E-state index in [1.807, 2.05) is 60.7 Å². The summed E-state index contributed by atoms with van der Waals surface area (Å²) in [5.41, 5.74) is 0. The van der Waals surface area contributed by atoms with Gasteiger partial charge in [-0.3, -0.25) is 0 Å². The van der Waals surface area contributed by atoms with Gasteiger partial charge in [0.15, 0.2) is 0 Å². The number of isothiocyanates is 2. The van der Waals surface area contributed by atoms with E-state index in [4.69, 9.17) is 24.4 Å². The number of rotatable bonds is 8. The van der Waals surface area contributed by atoms with E-state index < -0.39 is 34.1 Å². The third kappa shape index (κ3) is 6.92. The zero-order valence-corrected chi connectivity index (χ0v) is 33.0. The topological polar surface area (TPSA) is 24.7 Å². The van der Waals surface area contributed by atoms with E-state index in [0.717, 1.165) is 7.16 Å². The molecule has 0 bridgehead atoms. The van der Waals surface area contributed by atoms with Gasteiger partial charge < -0.3 is 0 Å². The fourth-order valence-electron chi connectivity index (χ4n) is 5.58. The number of halogens is 1. The van der Waals surface area contributed by atoms with Crippen molar-refractivity contribution in [2.45, 2.75) is 0 Å². The monoisotopic (exact) mass is 898 g/mol. The van der Waals surface area contributed by atoms with Gasteiger partial charge in [-0.2, -0.15) is 0 Å².